The monoisotopic (exact) mass is 412 g/mol. The molecule has 1 aromatic carbocycles. The van der Waals surface area contributed by atoms with Crippen molar-refractivity contribution in [3.05, 3.63) is 54.1 Å². The second kappa shape index (κ2) is 5.62. The number of hydrogen-bond donors (Lipinski definition) is 0. The van der Waals surface area contributed by atoms with Gasteiger partial charge in [-0.1, -0.05) is 45.2 Å². The second-order valence-corrected chi connectivity index (χ2v) is 7.99. The Hall–Kier alpha value is 0.460. The van der Waals surface area contributed by atoms with Crippen molar-refractivity contribution < 1.29 is 0 Å². The van der Waals surface area contributed by atoms with Crippen molar-refractivity contribution in [1.82, 2.24) is 0 Å². The molecule has 0 amide bonds. The van der Waals surface area contributed by atoms with Crippen LogP contribution in [0.5, 0.6) is 0 Å². The molecule has 17 heavy (non-hydrogen) atoms. The Labute approximate surface area is 131 Å². The van der Waals surface area contributed by atoms with Crippen LogP contribution < -0.4 is 0 Å². The van der Waals surface area contributed by atoms with Crippen LogP contribution >= 0.6 is 66.4 Å². The topological polar surface area (TPSA) is 0 Å². The van der Waals surface area contributed by atoms with E-state index in [1.54, 1.807) is 17.4 Å². The summed E-state index contributed by atoms with van der Waals surface area (Å²) in [7, 11) is 0. The van der Waals surface area contributed by atoms with Gasteiger partial charge in [0.15, 0.2) is 0 Å². The molecule has 0 aliphatic heterocycles. The Morgan fingerprint density at radius 3 is 2.41 bits per heavy atom. The van der Waals surface area contributed by atoms with Gasteiger partial charge in [0.05, 0.1) is 8.61 Å². The highest BCUT2D eigenvalue weighted by atomic mass is 79.9. The number of alkyl halides is 1. The van der Waals surface area contributed by atoms with Crippen molar-refractivity contribution >= 4 is 66.4 Å². The van der Waals surface area contributed by atoms with Gasteiger partial charge in [0, 0.05) is 14.9 Å². The quantitative estimate of drug-likeness (QED) is 0.485. The predicted molar refractivity (Wildman–Crippen MR) is 84.0 cm³/mol. The lowest BCUT2D eigenvalue weighted by molar-refractivity contribution is 1.17. The first kappa shape index (κ1) is 13.9. The molecule has 0 spiro atoms. The van der Waals surface area contributed by atoms with Crippen LogP contribution in [0.4, 0.5) is 0 Å². The first-order valence-electron chi connectivity index (χ1n) is 4.84. The molecule has 1 unspecified atom stereocenters. The molecule has 0 aliphatic carbocycles. The third-order valence-electron chi connectivity index (χ3n) is 2.43. The van der Waals surface area contributed by atoms with Crippen LogP contribution in [0.3, 0.4) is 0 Å². The third-order valence-corrected chi connectivity index (χ3v) is 5.55. The Balaban J connectivity index is 2.43. The smallest absolute Gasteiger partial charge is 0.0704 e. The highest BCUT2D eigenvalue weighted by Gasteiger charge is 2.17. The fraction of sp³-hybridized carbons (Fsp3) is 0.167. The number of hydrogen-bond acceptors (Lipinski definition) is 1. The van der Waals surface area contributed by atoms with Crippen LogP contribution in [0.15, 0.2) is 28.1 Å². The summed E-state index contributed by atoms with van der Waals surface area (Å²) in [5, 5.41) is 1.34. The lowest BCUT2D eigenvalue weighted by atomic mass is 10.1. The van der Waals surface area contributed by atoms with E-state index in [0.29, 0.717) is 10.0 Å². The minimum absolute atomic E-state index is 0.0924. The van der Waals surface area contributed by atoms with E-state index in [1.165, 1.54) is 10.4 Å². The van der Waals surface area contributed by atoms with E-state index >= 15 is 0 Å². The Morgan fingerprint density at radius 1 is 1.18 bits per heavy atom. The number of aryl methyl sites for hydroxylation is 1. The van der Waals surface area contributed by atoms with Crippen molar-refractivity contribution in [2.24, 2.45) is 0 Å². The molecule has 1 atom stereocenters. The predicted octanol–water partition coefficient (Wildman–Crippen LogP) is 6.61. The van der Waals surface area contributed by atoms with Gasteiger partial charge in [0.2, 0.25) is 0 Å². The zero-order chi connectivity index (χ0) is 12.6. The summed E-state index contributed by atoms with van der Waals surface area (Å²) in [5.74, 6) is 0. The van der Waals surface area contributed by atoms with Gasteiger partial charge in [0.25, 0.3) is 0 Å². The van der Waals surface area contributed by atoms with Gasteiger partial charge in [0.1, 0.15) is 0 Å². The van der Waals surface area contributed by atoms with Crippen LogP contribution in [0.1, 0.15) is 20.8 Å². The summed E-state index contributed by atoms with van der Waals surface area (Å²) in [6.45, 7) is 2.10. The van der Waals surface area contributed by atoms with E-state index in [-0.39, 0.29) is 4.83 Å². The molecule has 0 saturated carbocycles. The molecule has 0 bridgehead atoms. The number of rotatable bonds is 2. The first-order chi connectivity index (χ1) is 7.99. The van der Waals surface area contributed by atoms with Crippen LogP contribution in [0.25, 0.3) is 0 Å². The van der Waals surface area contributed by atoms with E-state index in [4.69, 9.17) is 23.2 Å². The molecule has 0 saturated heterocycles. The number of benzene rings is 1. The summed E-state index contributed by atoms with van der Waals surface area (Å²) in [6, 6.07) is 7.69. The van der Waals surface area contributed by atoms with Gasteiger partial charge in [-0.25, -0.2) is 0 Å². The summed E-state index contributed by atoms with van der Waals surface area (Å²) >= 11 is 21.0. The molecule has 2 rings (SSSR count). The van der Waals surface area contributed by atoms with Crippen LogP contribution in [-0.4, -0.2) is 0 Å². The second-order valence-electron chi connectivity index (χ2n) is 3.59. The zero-order valence-corrected chi connectivity index (χ0v) is 14.3. The fourth-order valence-corrected chi connectivity index (χ4v) is 5.01. The van der Waals surface area contributed by atoms with E-state index in [2.05, 4.69) is 44.8 Å². The molecule has 1 heterocycles. The average molecular weight is 415 g/mol. The van der Waals surface area contributed by atoms with Gasteiger partial charge in [-0.05, 0) is 52.2 Å². The summed E-state index contributed by atoms with van der Waals surface area (Å²) in [5.41, 5.74) is 2.26. The van der Waals surface area contributed by atoms with Crippen LogP contribution in [0.2, 0.25) is 10.0 Å². The van der Waals surface area contributed by atoms with Crippen molar-refractivity contribution in [2.45, 2.75) is 11.8 Å². The van der Waals surface area contributed by atoms with E-state index in [1.807, 2.05) is 12.1 Å². The lowest BCUT2D eigenvalue weighted by Crippen LogP contribution is -1.93. The van der Waals surface area contributed by atoms with E-state index in [9.17, 15) is 0 Å². The van der Waals surface area contributed by atoms with Gasteiger partial charge >= 0.3 is 0 Å². The van der Waals surface area contributed by atoms with Crippen LogP contribution in [0, 0.1) is 6.92 Å². The molecule has 0 aliphatic rings. The molecule has 1 aromatic heterocycles. The molecule has 90 valence electrons. The third kappa shape index (κ3) is 3.07. The van der Waals surface area contributed by atoms with Crippen molar-refractivity contribution in [3.8, 4) is 0 Å². The molecule has 0 N–H and O–H groups in total. The highest BCUT2D eigenvalue weighted by molar-refractivity contribution is 9.11. The Kier molecular flexibility index (Phi) is 4.59. The summed E-state index contributed by atoms with van der Waals surface area (Å²) < 4.78 is 1.12. The molecule has 0 fully saturated rings. The lowest BCUT2D eigenvalue weighted by Gasteiger charge is -2.12. The Bertz CT molecular complexity index is 551. The van der Waals surface area contributed by atoms with E-state index in [0.717, 1.165) is 9.35 Å². The summed E-state index contributed by atoms with van der Waals surface area (Å²) in [6.07, 6.45) is 0. The van der Waals surface area contributed by atoms with Crippen molar-refractivity contribution in [2.75, 3.05) is 0 Å². The minimum Gasteiger partial charge on any atom is -0.133 e. The normalized spacial score (nSPS) is 12.8. The van der Waals surface area contributed by atoms with Crippen molar-refractivity contribution in [1.29, 1.82) is 0 Å². The highest BCUT2D eigenvalue weighted by Crippen LogP contribution is 2.41. The molecular formula is C12H8Br2Cl2S. The fourth-order valence-electron chi connectivity index (χ4n) is 1.58. The van der Waals surface area contributed by atoms with E-state index < -0.39 is 0 Å². The average Bonchev–Trinajstić information content (AvgIpc) is 2.57. The van der Waals surface area contributed by atoms with Gasteiger partial charge < -0.3 is 0 Å². The molecule has 5 heteroatoms. The molecule has 0 radical (unpaired) electrons. The minimum atomic E-state index is 0.0924. The molecule has 0 nitrogen and oxygen atoms in total. The zero-order valence-electron chi connectivity index (χ0n) is 8.81. The van der Waals surface area contributed by atoms with Gasteiger partial charge in [-0.3, -0.25) is 0 Å². The van der Waals surface area contributed by atoms with Crippen molar-refractivity contribution in [3.63, 3.8) is 0 Å². The maximum atomic E-state index is 6.21. The van der Waals surface area contributed by atoms with Gasteiger partial charge in [-0.15, -0.1) is 11.3 Å². The number of halogens is 4. The Morgan fingerprint density at radius 2 is 1.88 bits per heavy atom. The SMILES string of the molecule is Cc1sc(Br)cc1C(Br)c1ccc(Cl)cc1Cl. The molecular weight excluding hydrogens is 407 g/mol. The standard InChI is InChI=1S/C12H8Br2Cl2S/c1-6-9(5-11(13)17-6)12(14)8-3-2-7(15)4-10(8)16/h2-5,12H,1H3. The van der Waals surface area contributed by atoms with Crippen LogP contribution in [-0.2, 0) is 0 Å². The van der Waals surface area contributed by atoms with Gasteiger partial charge in [-0.2, -0.15) is 0 Å². The maximum Gasteiger partial charge on any atom is 0.0704 e. The summed E-state index contributed by atoms with van der Waals surface area (Å²) in [4.78, 5) is 1.36. The first-order valence-corrected chi connectivity index (χ1v) is 8.12. The maximum absolute atomic E-state index is 6.21. The molecule has 2 aromatic rings. The number of thiophene rings is 1. The largest absolute Gasteiger partial charge is 0.133 e.